The van der Waals surface area contributed by atoms with E-state index in [4.69, 9.17) is 0 Å². The molecule has 18 heavy (non-hydrogen) atoms. The van der Waals surface area contributed by atoms with Gasteiger partial charge in [-0.25, -0.2) is 4.68 Å². The van der Waals surface area contributed by atoms with E-state index in [0.29, 0.717) is 17.0 Å². The van der Waals surface area contributed by atoms with Crippen LogP contribution in [0.2, 0.25) is 0 Å². The minimum Gasteiger partial charge on any atom is -0.364 e. The minimum atomic E-state index is -2.61. The molecule has 0 radical (unpaired) electrons. The van der Waals surface area contributed by atoms with Crippen molar-refractivity contribution in [3.05, 3.63) is 29.7 Å². The molecule has 2 rings (SSSR count). The third-order valence-electron chi connectivity index (χ3n) is 2.61. The molecule has 5 nitrogen and oxygen atoms in total. The number of aromatic nitrogens is 4. The maximum atomic E-state index is 12.3. The van der Waals surface area contributed by atoms with Crippen LogP contribution in [-0.4, -0.2) is 19.6 Å². The zero-order valence-corrected chi connectivity index (χ0v) is 10.8. The molecule has 0 aliphatic heterocycles. The largest absolute Gasteiger partial charge is 0.364 e. The first-order valence-electron chi connectivity index (χ1n) is 5.12. The van der Waals surface area contributed by atoms with E-state index < -0.39 is 6.55 Å². The average molecular weight is 278 g/mol. The molecule has 2 heterocycles. The van der Waals surface area contributed by atoms with Gasteiger partial charge in [-0.05, 0) is 6.92 Å². The molecule has 2 aromatic heterocycles. The van der Waals surface area contributed by atoms with Crippen LogP contribution in [-0.2, 0) is 13.6 Å². The van der Waals surface area contributed by atoms with E-state index in [1.807, 2.05) is 14.0 Å². The Kier molecular flexibility index (Phi) is 4.66. The van der Waals surface area contributed by atoms with E-state index in [2.05, 4.69) is 15.5 Å². The Balaban J connectivity index is 0.00000162. The van der Waals surface area contributed by atoms with E-state index in [-0.39, 0.29) is 12.4 Å². The summed E-state index contributed by atoms with van der Waals surface area (Å²) in [5.74, 6) is 0.425. The zero-order chi connectivity index (χ0) is 12.4. The van der Waals surface area contributed by atoms with Gasteiger partial charge in [0.15, 0.2) is 0 Å². The first kappa shape index (κ1) is 14.4. The molecule has 0 aromatic carbocycles. The van der Waals surface area contributed by atoms with Gasteiger partial charge in [0.1, 0.15) is 5.82 Å². The Bertz CT molecular complexity index is 508. The minimum absolute atomic E-state index is 0. The summed E-state index contributed by atoms with van der Waals surface area (Å²) < 4.78 is 26.9. The van der Waals surface area contributed by atoms with Crippen LogP contribution in [0, 0.1) is 6.92 Å². The summed E-state index contributed by atoms with van der Waals surface area (Å²) in [4.78, 5) is 0. The summed E-state index contributed by atoms with van der Waals surface area (Å²) in [6.45, 7) is -0.146. The third-order valence-corrected chi connectivity index (χ3v) is 2.61. The maximum Gasteiger partial charge on any atom is 0.333 e. The molecule has 0 fully saturated rings. The van der Waals surface area contributed by atoms with Crippen LogP contribution in [0.25, 0.3) is 0 Å². The van der Waals surface area contributed by atoms with Crippen molar-refractivity contribution in [2.24, 2.45) is 7.05 Å². The fraction of sp³-hybridized carbons (Fsp3) is 0.400. The summed E-state index contributed by atoms with van der Waals surface area (Å²) in [5.41, 5.74) is 2.05. The van der Waals surface area contributed by atoms with Crippen molar-refractivity contribution in [2.75, 3.05) is 5.32 Å². The predicted octanol–water partition coefficient (Wildman–Crippen LogP) is 2.35. The van der Waals surface area contributed by atoms with Gasteiger partial charge in [-0.1, -0.05) is 0 Å². The molecular weight excluding hydrogens is 264 g/mol. The lowest BCUT2D eigenvalue weighted by Crippen LogP contribution is -2.04. The molecule has 2 aromatic rings. The van der Waals surface area contributed by atoms with Gasteiger partial charge in [0, 0.05) is 37.1 Å². The molecule has 0 aliphatic carbocycles. The Morgan fingerprint density at radius 3 is 2.67 bits per heavy atom. The van der Waals surface area contributed by atoms with E-state index in [1.54, 1.807) is 10.9 Å². The number of nitrogens with one attached hydrogen (secondary N) is 1. The monoisotopic (exact) mass is 277 g/mol. The highest BCUT2D eigenvalue weighted by atomic mass is 35.5. The van der Waals surface area contributed by atoms with Crippen molar-refractivity contribution in [2.45, 2.75) is 20.0 Å². The van der Waals surface area contributed by atoms with Crippen LogP contribution in [0.4, 0.5) is 14.6 Å². The molecule has 0 unspecified atom stereocenters. The quantitative estimate of drug-likeness (QED) is 0.933. The van der Waals surface area contributed by atoms with Crippen molar-refractivity contribution in [1.82, 2.24) is 19.6 Å². The van der Waals surface area contributed by atoms with Crippen LogP contribution in [0.15, 0.2) is 18.5 Å². The zero-order valence-electron chi connectivity index (χ0n) is 9.97. The molecule has 1 N–H and O–H groups in total. The normalized spacial score (nSPS) is 10.5. The molecule has 0 saturated carbocycles. The van der Waals surface area contributed by atoms with Crippen LogP contribution in [0.3, 0.4) is 0 Å². The Morgan fingerprint density at radius 1 is 1.44 bits per heavy atom. The van der Waals surface area contributed by atoms with E-state index >= 15 is 0 Å². The van der Waals surface area contributed by atoms with Crippen LogP contribution in [0.1, 0.15) is 17.8 Å². The molecule has 0 spiro atoms. The summed E-state index contributed by atoms with van der Waals surface area (Å²) in [6.07, 6.45) is 2.98. The highest BCUT2D eigenvalue weighted by Gasteiger charge is 2.08. The van der Waals surface area contributed by atoms with Gasteiger partial charge in [0.25, 0.3) is 0 Å². The predicted molar refractivity (Wildman–Crippen MR) is 66.0 cm³/mol. The molecule has 0 bridgehead atoms. The number of hydrogen-bond acceptors (Lipinski definition) is 3. The number of nitrogens with zero attached hydrogens (tertiary/aromatic N) is 4. The summed E-state index contributed by atoms with van der Waals surface area (Å²) >= 11 is 0. The molecule has 0 amide bonds. The molecule has 100 valence electrons. The van der Waals surface area contributed by atoms with Crippen LogP contribution >= 0.6 is 12.4 Å². The Labute approximate surface area is 109 Å². The molecule has 0 saturated heterocycles. The second-order valence-corrected chi connectivity index (χ2v) is 3.69. The topological polar surface area (TPSA) is 47.7 Å². The van der Waals surface area contributed by atoms with Gasteiger partial charge in [0.05, 0.1) is 6.20 Å². The SMILES string of the molecule is Cc1c(CNc2ccn(C(F)F)n2)cnn1C.Cl. The second kappa shape index (κ2) is 5.81. The van der Waals surface area contributed by atoms with Gasteiger partial charge in [0.2, 0.25) is 0 Å². The summed E-state index contributed by atoms with van der Waals surface area (Å²) in [5, 5.41) is 10.8. The average Bonchev–Trinajstić information content (AvgIpc) is 2.86. The number of hydrogen-bond donors (Lipinski definition) is 1. The summed E-state index contributed by atoms with van der Waals surface area (Å²) in [6, 6.07) is 1.51. The first-order chi connectivity index (χ1) is 8.08. The van der Waals surface area contributed by atoms with E-state index in [1.165, 1.54) is 12.3 Å². The number of aryl methyl sites for hydroxylation is 1. The van der Waals surface area contributed by atoms with Crippen molar-refractivity contribution in [3.63, 3.8) is 0 Å². The van der Waals surface area contributed by atoms with Gasteiger partial charge in [-0.2, -0.15) is 19.0 Å². The number of halogens is 3. The van der Waals surface area contributed by atoms with Crippen LogP contribution in [0.5, 0.6) is 0 Å². The molecule has 0 atom stereocenters. The number of alkyl halides is 2. The van der Waals surface area contributed by atoms with Crippen molar-refractivity contribution < 1.29 is 8.78 Å². The maximum absolute atomic E-state index is 12.3. The van der Waals surface area contributed by atoms with Gasteiger partial charge < -0.3 is 5.32 Å². The fourth-order valence-corrected chi connectivity index (χ4v) is 1.44. The Hall–Kier alpha value is -1.63. The fourth-order valence-electron chi connectivity index (χ4n) is 1.44. The molecule has 8 heteroatoms. The van der Waals surface area contributed by atoms with Crippen LogP contribution < -0.4 is 5.32 Å². The molecule has 0 aliphatic rings. The lowest BCUT2D eigenvalue weighted by molar-refractivity contribution is 0.0569. The standard InChI is InChI=1S/C10H13F2N5.ClH/c1-7-8(6-14-16(7)2)5-13-9-3-4-17(15-9)10(11)12;/h3-4,6,10H,5H2,1-2H3,(H,13,15);1H. The summed E-state index contributed by atoms with van der Waals surface area (Å²) in [7, 11) is 1.85. The lowest BCUT2D eigenvalue weighted by Gasteiger charge is -2.02. The van der Waals surface area contributed by atoms with Crippen molar-refractivity contribution in [3.8, 4) is 0 Å². The van der Waals surface area contributed by atoms with Crippen molar-refractivity contribution in [1.29, 1.82) is 0 Å². The molecular formula is C10H14ClF2N5. The lowest BCUT2D eigenvalue weighted by atomic mass is 10.2. The van der Waals surface area contributed by atoms with Gasteiger partial charge in [-0.15, -0.1) is 12.4 Å². The van der Waals surface area contributed by atoms with Crippen molar-refractivity contribution >= 4 is 18.2 Å². The third kappa shape index (κ3) is 2.98. The van der Waals surface area contributed by atoms with E-state index in [0.717, 1.165) is 11.3 Å². The smallest absolute Gasteiger partial charge is 0.333 e. The Morgan fingerprint density at radius 2 is 2.17 bits per heavy atom. The highest BCUT2D eigenvalue weighted by molar-refractivity contribution is 5.85. The highest BCUT2D eigenvalue weighted by Crippen LogP contribution is 2.13. The van der Waals surface area contributed by atoms with E-state index in [9.17, 15) is 8.78 Å². The van der Waals surface area contributed by atoms with Gasteiger partial charge in [-0.3, -0.25) is 4.68 Å². The van der Waals surface area contributed by atoms with Gasteiger partial charge >= 0.3 is 6.55 Å². The second-order valence-electron chi connectivity index (χ2n) is 3.69. The number of anilines is 1. The number of rotatable bonds is 4. The first-order valence-corrected chi connectivity index (χ1v) is 5.12.